The Morgan fingerprint density at radius 1 is 1.63 bits per heavy atom. The molecule has 2 atom stereocenters. The fourth-order valence-corrected chi connectivity index (χ4v) is 2.18. The molecule has 1 fully saturated rings. The molecule has 1 aliphatic rings. The number of furan rings is 1. The molecule has 1 amide bonds. The van der Waals surface area contributed by atoms with Crippen LogP contribution >= 0.6 is 0 Å². The first-order valence-corrected chi connectivity index (χ1v) is 6.88. The van der Waals surface area contributed by atoms with Crippen LogP contribution in [0.25, 0.3) is 0 Å². The number of aryl methyl sites for hydroxylation is 1. The highest BCUT2D eigenvalue weighted by atomic mass is 16.5. The van der Waals surface area contributed by atoms with Crippen LogP contribution in [0.1, 0.15) is 25.5 Å². The van der Waals surface area contributed by atoms with E-state index in [0.29, 0.717) is 13.0 Å². The van der Waals surface area contributed by atoms with Crippen LogP contribution in [-0.4, -0.2) is 37.7 Å². The average molecular weight is 266 g/mol. The molecule has 1 aromatic rings. The van der Waals surface area contributed by atoms with Crippen molar-refractivity contribution in [2.75, 3.05) is 19.7 Å². The fraction of sp³-hybridized carbons (Fsp3) is 0.643. The minimum atomic E-state index is 0.00558. The van der Waals surface area contributed by atoms with Gasteiger partial charge in [-0.25, -0.2) is 0 Å². The maximum Gasteiger partial charge on any atom is 0.222 e. The van der Waals surface area contributed by atoms with E-state index in [1.807, 2.05) is 19.1 Å². The van der Waals surface area contributed by atoms with Crippen LogP contribution in [0.2, 0.25) is 0 Å². The molecule has 0 spiro atoms. The SMILES string of the molecule is CC(CCc1ccco1)NC(=O)CC1CNCCO1. The van der Waals surface area contributed by atoms with Gasteiger partial charge in [0.15, 0.2) is 0 Å². The zero-order valence-electron chi connectivity index (χ0n) is 11.4. The highest BCUT2D eigenvalue weighted by Crippen LogP contribution is 2.07. The number of rotatable bonds is 6. The lowest BCUT2D eigenvalue weighted by Gasteiger charge is -2.23. The summed E-state index contributed by atoms with van der Waals surface area (Å²) in [5, 5.41) is 6.22. The van der Waals surface area contributed by atoms with Gasteiger partial charge >= 0.3 is 0 Å². The van der Waals surface area contributed by atoms with E-state index in [1.54, 1.807) is 6.26 Å². The minimum absolute atomic E-state index is 0.00558. The van der Waals surface area contributed by atoms with Gasteiger partial charge < -0.3 is 19.8 Å². The molecule has 19 heavy (non-hydrogen) atoms. The van der Waals surface area contributed by atoms with Crippen molar-refractivity contribution in [3.8, 4) is 0 Å². The molecule has 5 heteroatoms. The summed E-state index contributed by atoms with van der Waals surface area (Å²) in [5.74, 6) is 1.02. The third kappa shape index (κ3) is 5.04. The summed E-state index contributed by atoms with van der Waals surface area (Å²) >= 11 is 0. The maximum absolute atomic E-state index is 11.8. The highest BCUT2D eigenvalue weighted by molar-refractivity contribution is 5.76. The standard InChI is InChI=1S/C14H22N2O3/c1-11(4-5-12-3-2-7-18-12)16-14(17)9-13-10-15-6-8-19-13/h2-3,7,11,13,15H,4-6,8-10H2,1H3,(H,16,17). The quantitative estimate of drug-likeness (QED) is 0.809. The van der Waals surface area contributed by atoms with Gasteiger partial charge in [-0.2, -0.15) is 0 Å². The summed E-state index contributed by atoms with van der Waals surface area (Å²) in [4.78, 5) is 11.8. The van der Waals surface area contributed by atoms with E-state index in [1.165, 1.54) is 0 Å². The molecular formula is C14H22N2O3. The van der Waals surface area contributed by atoms with Crippen LogP contribution in [0, 0.1) is 0 Å². The van der Waals surface area contributed by atoms with Crippen molar-refractivity contribution in [1.29, 1.82) is 0 Å². The molecule has 2 heterocycles. The Bertz CT molecular complexity index is 372. The summed E-state index contributed by atoms with van der Waals surface area (Å²) in [5.41, 5.74) is 0. The van der Waals surface area contributed by atoms with Gasteiger partial charge in [0.2, 0.25) is 5.91 Å². The Morgan fingerprint density at radius 3 is 3.21 bits per heavy atom. The van der Waals surface area contributed by atoms with Crippen LogP contribution < -0.4 is 10.6 Å². The number of hydrogen-bond acceptors (Lipinski definition) is 4. The van der Waals surface area contributed by atoms with Crippen LogP contribution in [0.5, 0.6) is 0 Å². The predicted molar refractivity (Wildman–Crippen MR) is 71.9 cm³/mol. The van der Waals surface area contributed by atoms with Gasteiger partial charge in [-0.15, -0.1) is 0 Å². The summed E-state index contributed by atoms with van der Waals surface area (Å²) in [6.07, 6.45) is 3.83. The number of carbonyl (C=O) groups excluding carboxylic acids is 1. The first kappa shape index (κ1) is 14.1. The lowest BCUT2D eigenvalue weighted by molar-refractivity contribution is -0.125. The fourth-order valence-electron chi connectivity index (χ4n) is 2.18. The topological polar surface area (TPSA) is 63.5 Å². The highest BCUT2D eigenvalue weighted by Gasteiger charge is 2.18. The maximum atomic E-state index is 11.8. The molecule has 2 rings (SSSR count). The number of nitrogens with one attached hydrogen (secondary N) is 2. The third-order valence-electron chi connectivity index (χ3n) is 3.23. The van der Waals surface area contributed by atoms with Crippen molar-refractivity contribution < 1.29 is 13.9 Å². The van der Waals surface area contributed by atoms with Gasteiger partial charge in [-0.05, 0) is 25.5 Å². The van der Waals surface area contributed by atoms with Gasteiger partial charge in [0.1, 0.15) is 5.76 Å². The molecular weight excluding hydrogens is 244 g/mol. The van der Waals surface area contributed by atoms with Crippen molar-refractivity contribution in [2.24, 2.45) is 0 Å². The van der Waals surface area contributed by atoms with Crippen LogP contribution in [0.4, 0.5) is 0 Å². The zero-order chi connectivity index (χ0) is 13.5. The molecule has 2 N–H and O–H groups in total. The molecule has 0 radical (unpaired) electrons. The molecule has 106 valence electrons. The lowest BCUT2D eigenvalue weighted by atomic mass is 10.1. The second kappa shape index (κ2) is 7.31. The van der Waals surface area contributed by atoms with Gasteiger partial charge in [-0.1, -0.05) is 0 Å². The second-order valence-electron chi connectivity index (χ2n) is 4.99. The van der Waals surface area contributed by atoms with Crippen molar-refractivity contribution in [3.05, 3.63) is 24.2 Å². The van der Waals surface area contributed by atoms with Gasteiger partial charge in [0.05, 0.1) is 25.4 Å². The number of ether oxygens (including phenoxy) is 1. The van der Waals surface area contributed by atoms with E-state index < -0.39 is 0 Å². The van der Waals surface area contributed by atoms with Crippen molar-refractivity contribution in [2.45, 2.75) is 38.3 Å². The number of amides is 1. The normalized spacial score (nSPS) is 21.0. The van der Waals surface area contributed by atoms with Gasteiger partial charge in [0.25, 0.3) is 0 Å². The number of carbonyl (C=O) groups is 1. The Morgan fingerprint density at radius 2 is 2.53 bits per heavy atom. The van der Waals surface area contributed by atoms with Crippen molar-refractivity contribution in [1.82, 2.24) is 10.6 Å². The lowest BCUT2D eigenvalue weighted by Crippen LogP contribution is -2.42. The first-order valence-electron chi connectivity index (χ1n) is 6.88. The molecule has 2 unspecified atom stereocenters. The largest absolute Gasteiger partial charge is 0.469 e. The molecule has 1 saturated heterocycles. The smallest absolute Gasteiger partial charge is 0.222 e. The molecule has 0 aliphatic carbocycles. The molecule has 1 aliphatic heterocycles. The Kier molecular flexibility index (Phi) is 5.42. The molecule has 1 aromatic heterocycles. The number of morpholine rings is 1. The van der Waals surface area contributed by atoms with E-state index in [0.717, 1.165) is 31.7 Å². The first-order chi connectivity index (χ1) is 9.24. The molecule has 5 nitrogen and oxygen atoms in total. The molecule has 0 aromatic carbocycles. The monoisotopic (exact) mass is 266 g/mol. The van der Waals surface area contributed by atoms with Gasteiger partial charge in [0, 0.05) is 25.6 Å². The van der Waals surface area contributed by atoms with Crippen LogP contribution in [0.15, 0.2) is 22.8 Å². The summed E-state index contributed by atoms with van der Waals surface area (Å²) in [6, 6.07) is 3.98. The summed E-state index contributed by atoms with van der Waals surface area (Å²) < 4.78 is 10.8. The van der Waals surface area contributed by atoms with Crippen LogP contribution in [-0.2, 0) is 16.0 Å². The predicted octanol–water partition coefficient (Wildman–Crippen LogP) is 1.10. The van der Waals surface area contributed by atoms with Crippen LogP contribution in [0.3, 0.4) is 0 Å². The second-order valence-corrected chi connectivity index (χ2v) is 4.99. The summed E-state index contributed by atoms with van der Waals surface area (Å²) in [6.45, 7) is 4.33. The van der Waals surface area contributed by atoms with Crippen molar-refractivity contribution >= 4 is 5.91 Å². The zero-order valence-corrected chi connectivity index (χ0v) is 11.4. The van der Waals surface area contributed by atoms with Crippen molar-refractivity contribution in [3.63, 3.8) is 0 Å². The Labute approximate surface area is 113 Å². The number of hydrogen-bond donors (Lipinski definition) is 2. The van der Waals surface area contributed by atoms with E-state index in [2.05, 4.69) is 10.6 Å². The van der Waals surface area contributed by atoms with E-state index in [9.17, 15) is 4.79 Å². The Balaban J connectivity index is 1.63. The van der Waals surface area contributed by atoms with Gasteiger partial charge in [-0.3, -0.25) is 4.79 Å². The molecule has 0 bridgehead atoms. The van der Waals surface area contributed by atoms with E-state index in [-0.39, 0.29) is 18.1 Å². The van der Waals surface area contributed by atoms with E-state index in [4.69, 9.17) is 9.15 Å². The summed E-state index contributed by atoms with van der Waals surface area (Å²) in [7, 11) is 0. The minimum Gasteiger partial charge on any atom is -0.469 e. The van der Waals surface area contributed by atoms with E-state index >= 15 is 0 Å². The third-order valence-corrected chi connectivity index (χ3v) is 3.23. The Hall–Kier alpha value is -1.33. The average Bonchev–Trinajstić information content (AvgIpc) is 2.90. The molecule has 0 saturated carbocycles.